The number of para-hydroxylation sites is 1. The maximum Gasteiger partial charge on any atom is 0.349 e. The zero-order valence-electron chi connectivity index (χ0n) is 18.0. The van der Waals surface area contributed by atoms with Crippen LogP contribution in [0.25, 0.3) is 10.9 Å². The summed E-state index contributed by atoms with van der Waals surface area (Å²) in [6.07, 6.45) is 0.879. The number of carbonyl (C=O) groups is 1. The third kappa shape index (κ3) is 4.06. The van der Waals surface area contributed by atoms with E-state index in [4.69, 9.17) is 0 Å². The van der Waals surface area contributed by atoms with Crippen LogP contribution in [0.3, 0.4) is 0 Å². The van der Waals surface area contributed by atoms with Gasteiger partial charge in [0.1, 0.15) is 11.6 Å². The van der Waals surface area contributed by atoms with Crippen molar-refractivity contribution < 1.29 is 4.79 Å². The molecule has 1 N–H and O–H groups in total. The Morgan fingerprint density at radius 3 is 2.34 bits per heavy atom. The average Bonchev–Trinajstić information content (AvgIpc) is 2.81. The van der Waals surface area contributed by atoms with Crippen LogP contribution in [-0.4, -0.2) is 21.9 Å². The first-order valence-corrected chi connectivity index (χ1v) is 11.0. The number of aromatic nitrogens is 2. The molecule has 5 rings (SSSR count). The largest absolute Gasteiger partial charge is 0.370 e. The molecule has 1 atom stereocenters. The summed E-state index contributed by atoms with van der Waals surface area (Å²) in [7, 11) is 0. The molecule has 0 saturated heterocycles. The fourth-order valence-electron chi connectivity index (χ4n) is 4.40. The van der Waals surface area contributed by atoms with Crippen molar-refractivity contribution in [3.63, 3.8) is 0 Å². The zero-order chi connectivity index (χ0) is 22.1. The fourth-order valence-corrected chi connectivity index (χ4v) is 4.40. The van der Waals surface area contributed by atoms with Crippen molar-refractivity contribution in [3.05, 3.63) is 106 Å². The first-order valence-electron chi connectivity index (χ1n) is 11.0. The van der Waals surface area contributed by atoms with Gasteiger partial charge in [0.05, 0.1) is 5.52 Å². The van der Waals surface area contributed by atoms with Crippen LogP contribution < -0.4 is 11.0 Å². The van der Waals surface area contributed by atoms with Crippen LogP contribution in [0.1, 0.15) is 28.2 Å². The Bertz CT molecular complexity index is 1340. The lowest BCUT2D eigenvalue weighted by Crippen LogP contribution is -2.35. The van der Waals surface area contributed by atoms with Crippen molar-refractivity contribution in [1.82, 2.24) is 9.55 Å². The molecule has 160 valence electrons. The Morgan fingerprint density at radius 2 is 1.62 bits per heavy atom. The standard InChI is InChI=1S/C27H25N3O2/c1-18-6-8-19(9-7-18)14-23(31)15-20-10-12-21(13-11-20)22-16-28-26-24-4-2-3-5-25(24)29-27(32)30(26)17-22/h2-13,22,28H,14-17H2,1H3. The first kappa shape index (κ1) is 20.2. The minimum atomic E-state index is -0.228. The van der Waals surface area contributed by atoms with Gasteiger partial charge < -0.3 is 5.32 Å². The molecule has 5 nitrogen and oxygen atoms in total. The molecule has 2 heterocycles. The molecule has 0 aliphatic carbocycles. The second-order valence-electron chi connectivity index (χ2n) is 8.57. The maximum atomic E-state index is 12.6. The quantitative estimate of drug-likeness (QED) is 0.521. The zero-order valence-corrected chi connectivity index (χ0v) is 18.0. The second-order valence-corrected chi connectivity index (χ2v) is 8.57. The van der Waals surface area contributed by atoms with Crippen LogP contribution in [0.5, 0.6) is 0 Å². The van der Waals surface area contributed by atoms with Crippen LogP contribution >= 0.6 is 0 Å². The van der Waals surface area contributed by atoms with Crippen molar-refractivity contribution in [2.75, 3.05) is 11.9 Å². The summed E-state index contributed by atoms with van der Waals surface area (Å²) in [6, 6.07) is 24.0. The average molecular weight is 424 g/mol. The monoisotopic (exact) mass is 423 g/mol. The van der Waals surface area contributed by atoms with Crippen LogP contribution in [0, 0.1) is 6.92 Å². The van der Waals surface area contributed by atoms with Gasteiger partial charge in [0, 0.05) is 37.2 Å². The smallest absolute Gasteiger partial charge is 0.349 e. The van der Waals surface area contributed by atoms with Crippen molar-refractivity contribution in [2.45, 2.75) is 32.2 Å². The molecule has 1 aliphatic heterocycles. The Labute approximate surface area is 186 Å². The normalized spacial score (nSPS) is 15.2. The minimum absolute atomic E-state index is 0.167. The number of nitrogens with zero attached hydrogens (tertiary/aromatic N) is 2. The van der Waals surface area contributed by atoms with E-state index < -0.39 is 0 Å². The summed E-state index contributed by atoms with van der Waals surface area (Å²) >= 11 is 0. The van der Waals surface area contributed by atoms with Gasteiger partial charge in [-0.1, -0.05) is 66.2 Å². The number of benzene rings is 3. The Kier molecular flexibility index (Phi) is 5.31. The Hall–Kier alpha value is -3.73. The van der Waals surface area contributed by atoms with Crippen molar-refractivity contribution in [3.8, 4) is 0 Å². The predicted molar refractivity (Wildman–Crippen MR) is 127 cm³/mol. The van der Waals surface area contributed by atoms with Gasteiger partial charge in [0.25, 0.3) is 0 Å². The van der Waals surface area contributed by atoms with E-state index >= 15 is 0 Å². The topological polar surface area (TPSA) is 64.0 Å². The molecule has 3 aromatic carbocycles. The van der Waals surface area contributed by atoms with Gasteiger partial charge in [-0.05, 0) is 35.7 Å². The molecule has 1 aromatic heterocycles. The molecule has 1 unspecified atom stereocenters. The highest BCUT2D eigenvalue weighted by atomic mass is 16.1. The molecule has 0 spiro atoms. The number of fused-ring (bicyclic) bond motifs is 3. The van der Waals surface area contributed by atoms with E-state index in [2.05, 4.69) is 22.4 Å². The lowest BCUT2D eigenvalue weighted by molar-refractivity contribution is -0.117. The van der Waals surface area contributed by atoms with Crippen molar-refractivity contribution in [1.29, 1.82) is 0 Å². The number of nitrogens with one attached hydrogen (secondary N) is 1. The Balaban J connectivity index is 1.29. The highest BCUT2D eigenvalue weighted by Crippen LogP contribution is 2.28. The molecule has 4 aromatic rings. The molecular weight excluding hydrogens is 398 g/mol. The van der Waals surface area contributed by atoms with E-state index in [0.717, 1.165) is 34.4 Å². The van der Waals surface area contributed by atoms with Crippen LogP contribution in [0.15, 0.2) is 77.6 Å². The summed E-state index contributed by atoms with van der Waals surface area (Å²) in [4.78, 5) is 29.3. The lowest BCUT2D eigenvalue weighted by Gasteiger charge is -2.28. The summed E-state index contributed by atoms with van der Waals surface area (Å²) in [5.41, 5.74) is 4.90. The van der Waals surface area contributed by atoms with Crippen LogP contribution in [-0.2, 0) is 24.2 Å². The number of hydrogen-bond donors (Lipinski definition) is 1. The number of aryl methyl sites for hydroxylation is 1. The molecule has 1 aliphatic rings. The second kappa shape index (κ2) is 8.42. The maximum absolute atomic E-state index is 12.6. The summed E-state index contributed by atoms with van der Waals surface area (Å²) in [5, 5.41) is 4.41. The highest BCUT2D eigenvalue weighted by molar-refractivity contribution is 5.89. The summed E-state index contributed by atoms with van der Waals surface area (Å²) in [5.74, 6) is 1.22. The molecule has 0 fully saturated rings. The summed E-state index contributed by atoms with van der Waals surface area (Å²) < 4.78 is 1.73. The van der Waals surface area contributed by atoms with Crippen molar-refractivity contribution >= 4 is 22.5 Å². The van der Waals surface area contributed by atoms with E-state index in [1.54, 1.807) is 4.57 Å². The molecular formula is C27H25N3O2. The number of carbonyl (C=O) groups excluding carboxylic acids is 1. The SMILES string of the molecule is Cc1ccc(CC(=O)Cc2ccc(C3CNc4c5ccccc5nc(=O)n4C3)cc2)cc1. The van der Waals surface area contributed by atoms with Gasteiger partial charge in [-0.2, -0.15) is 4.98 Å². The van der Waals surface area contributed by atoms with Gasteiger partial charge in [-0.15, -0.1) is 0 Å². The number of rotatable bonds is 5. The lowest BCUT2D eigenvalue weighted by atomic mass is 9.94. The minimum Gasteiger partial charge on any atom is -0.370 e. The first-order chi connectivity index (χ1) is 15.6. The molecule has 0 bridgehead atoms. The van der Waals surface area contributed by atoms with E-state index in [-0.39, 0.29) is 17.4 Å². The number of anilines is 1. The van der Waals surface area contributed by atoms with E-state index in [9.17, 15) is 9.59 Å². The van der Waals surface area contributed by atoms with Crippen molar-refractivity contribution in [2.24, 2.45) is 0 Å². The van der Waals surface area contributed by atoms with Gasteiger partial charge in [-0.3, -0.25) is 9.36 Å². The molecule has 0 amide bonds. The number of hydrogen-bond acceptors (Lipinski definition) is 4. The third-order valence-electron chi connectivity index (χ3n) is 6.17. The van der Waals surface area contributed by atoms with Gasteiger partial charge in [-0.25, -0.2) is 4.79 Å². The summed E-state index contributed by atoms with van der Waals surface area (Å²) in [6.45, 7) is 3.38. The van der Waals surface area contributed by atoms with Crippen LogP contribution in [0.4, 0.5) is 5.82 Å². The molecule has 32 heavy (non-hydrogen) atoms. The molecule has 0 radical (unpaired) electrons. The number of Topliss-reactive ketones (excluding diaryl/α,β-unsaturated/α-hetero) is 1. The van der Waals surface area contributed by atoms with Gasteiger partial charge >= 0.3 is 5.69 Å². The fraction of sp³-hybridized carbons (Fsp3) is 0.222. The van der Waals surface area contributed by atoms with E-state index in [1.165, 1.54) is 5.56 Å². The third-order valence-corrected chi connectivity index (χ3v) is 6.17. The molecule has 0 saturated carbocycles. The predicted octanol–water partition coefficient (Wildman–Crippen LogP) is 4.27. The van der Waals surface area contributed by atoms with Crippen LogP contribution in [0.2, 0.25) is 0 Å². The van der Waals surface area contributed by atoms with E-state index in [1.807, 2.05) is 67.6 Å². The van der Waals surface area contributed by atoms with E-state index in [0.29, 0.717) is 24.9 Å². The number of ketones is 1. The molecule has 5 heteroatoms. The Morgan fingerprint density at radius 1 is 0.969 bits per heavy atom. The van der Waals surface area contributed by atoms with Gasteiger partial charge in [0.2, 0.25) is 0 Å². The highest BCUT2D eigenvalue weighted by Gasteiger charge is 2.23. The van der Waals surface area contributed by atoms with Gasteiger partial charge in [0.15, 0.2) is 0 Å².